The zero-order chi connectivity index (χ0) is 20.3. The number of aromatic nitrogens is 3. The summed E-state index contributed by atoms with van der Waals surface area (Å²) in [5.74, 6) is 0. The van der Waals surface area contributed by atoms with E-state index in [1.54, 1.807) is 0 Å². The molecule has 0 radical (unpaired) electrons. The van der Waals surface area contributed by atoms with E-state index in [2.05, 4.69) is 61.3 Å². The molecule has 4 heterocycles. The van der Waals surface area contributed by atoms with Gasteiger partial charge in [0.2, 0.25) is 0 Å². The van der Waals surface area contributed by atoms with Crippen molar-refractivity contribution < 1.29 is 0 Å². The summed E-state index contributed by atoms with van der Waals surface area (Å²) in [7, 11) is 0. The van der Waals surface area contributed by atoms with Gasteiger partial charge in [-0.3, -0.25) is 9.97 Å². The third-order valence-corrected chi connectivity index (χ3v) is 6.68. The number of nitrogens with zero attached hydrogens (tertiary/aromatic N) is 4. The fourth-order valence-corrected chi connectivity index (χ4v) is 5.35. The van der Waals surface area contributed by atoms with Crippen molar-refractivity contribution in [2.45, 2.75) is 56.8 Å². The Morgan fingerprint density at radius 2 is 1.90 bits per heavy atom. The molecule has 1 aliphatic heterocycles. The standard InChI is InChI=1S/C24H27N5S/c30-24-27-22(20-11-4-5-14-26-20)23(29(24)19-9-2-1-3-10-19)21-12-7-15-28(21)17-18-8-6-13-25-16-18/h4-8,11-16,19,22-23H,1-3,9-10,17H2,(H,27,30)/t22-,23+/m0/s1. The van der Waals surface area contributed by atoms with Gasteiger partial charge in [-0.05, 0) is 61.0 Å². The molecule has 2 fully saturated rings. The Labute approximate surface area is 183 Å². The molecule has 0 spiro atoms. The Morgan fingerprint density at radius 1 is 1.00 bits per heavy atom. The van der Waals surface area contributed by atoms with Crippen molar-refractivity contribution in [3.8, 4) is 0 Å². The lowest BCUT2D eigenvalue weighted by Crippen LogP contribution is -2.40. The van der Waals surface area contributed by atoms with Gasteiger partial charge in [-0.1, -0.05) is 31.4 Å². The quantitative estimate of drug-likeness (QED) is 0.613. The number of nitrogens with one attached hydrogen (secondary N) is 1. The highest BCUT2D eigenvalue weighted by molar-refractivity contribution is 7.80. The first-order valence-corrected chi connectivity index (χ1v) is 11.3. The molecular weight excluding hydrogens is 390 g/mol. The molecule has 1 saturated carbocycles. The van der Waals surface area contributed by atoms with E-state index in [1.807, 2.05) is 30.7 Å². The van der Waals surface area contributed by atoms with Gasteiger partial charge < -0.3 is 14.8 Å². The van der Waals surface area contributed by atoms with Gasteiger partial charge in [-0.2, -0.15) is 0 Å². The van der Waals surface area contributed by atoms with Crippen LogP contribution in [0.2, 0.25) is 0 Å². The summed E-state index contributed by atoms with van der Waals surface area (Å²) in [6.07, 6.45) is 14.1. The minimum atomic E-state index is 0.0446. The van der Waals surface area contributed by atoms with Crippen LogP contribution in [0.1, 0.15) is 61.1 Å². The maximum absolute atomic E-state index is 5.89. The van der Waals surface area contributed by atoms with Gasteiger partial charge in [0, 0.05) is 43.1 Å². The third kappa shape index (κ3) is 3.72. The van der Waals surface area contributed by atoms with Gasteiger partial charge >= 0.3 is 0 Å². The number of thiocarbonyl (C=S) groups is 1. The molecular formula is C24H27N5S. The third-order valence-electron chi connectivity index (χ3n) is 6.35. The van der Waals surface area contributed by atoms with Crippen LogP contribution in [0.3, 0.4) is 0 Å². The molecule has 30 heavy (non-hydrogen) atoms. The summed E-state index contributed by atoms with van der Waals surface area (Å²) in [6, 6.07) is 15.3. The number of hydrogen-bond acceptors (Lipinski definition) is 3. The minimum absolute atomic E-state index is 0.0446. The highest BCUT2D eigenvalue weighted by Gasteiger charge is 2.44. The maximum Gasteiger partial charge on any atom is 0.170 e. The summed E-state index contributed by atoms with van der Waals surface area (Å²) >= 11 is 5.89. The zero-order valence-electron chi connectivity index (χ0n) is 17.0. The summed E-state index contributed by atoms with van der Waals surface area (Å²) < 4.78 is 2.34. The van der Waals surface area contributed by atoms with Crippen molar-refractivity contribution in [2.24, 2.45) is 0 Å². The summed E-state index contributed by atoms with van der Waals surface area (Å²) in [4.78, 5) is 11.4. The highest BCUT2D eigenvalue weighted by atomic mass is 32.1. The average Bonchev–Trinajstić information content (AvgIpc) is 3.39. The molecule has 0 aromatic carbocycles. The minimum Gasteiger partial charge on any atom is -0.352 e. The molecule has 5 nitrogen and oxygen atoms in total. The van der Waals surface area contributed by atoms with Crippen LogP contribution in [0, 0.1) is 0 Å². The normalized spacial score (nSPS) is 22.3. The van der Waals surface area contributed by atoms with Crippen LogP contribution < -0.4 is 5.32 Å². The van der Waals surface area contributed by atoms with Crippen molar-refractivity contribution in [1.29, 1.82) is 0 Å². The van der Waals surface area contributed by atoms with Gasteiger partial charge in [0.1, 0.15) is 0 Å². The maximum atomic E-state index is 5.89. The molecule has 0 unspecified atom stereocenters. The van der Waals surface area contributed by atoms with E-state index in [0.29, 0.717) is 6.04 Å². The molecule has 2 atom stereocenters. The van der Waals surface area contributed by atoms with Crippen molar-refractivity contribution in [1.82, 2.24) is 24.8 Å². The van der Waals surface area contributed by atoms with E-state index >= 15 is 0 Å². The van der Waals surface area contributed by atoms with Crippen molar-refractivity contribution in [3.63, 3.8) is 0 Å². The fourth-order valence-electron chi connectivity index (χ4n) is 4.96. The number of rotatable bonds is 5. The Morgan fingerprint density at radius 3 is 2.67 bits per heavy atom. The Balaban J connectivity index is 1.54. The van der Waals surface area contributed by atoms with Gasteiger partial charge in [0.05, 0.1) is 17.8 Å². The number of pyridine rings is 2. The first-order chi connectivity index (χ1) is 14.8. The van der Waals surface area contributed by atoms with Crippen molar-refractivity contribution >= 4 is 17.3 Å². The predicted molar refractivity (Wildman–Crippen MR) is 122 cm³/mol. The van der Waals surface area contributed by atoms with Crippen LogP contribution in [-0.2, 0) is 6.54 Å². The highest BCUT2D eigenvalue weighted by Crippen LogP contribution is 2.42. The van der Waals surface area contributed by atoms with Crippen LogP contribution in [0.15, 0.2) is 67.3 Å². The van der Waals surface area contributed by atoms with Gasteiger partial charge in [-0.25, -0.2) is 0 Å². The smallest absolute Gasteiger partial charge is 0.170 e. The van der Waals surface area contributed by atoms with Crippen LogP contribution >= 0.6 is 12.2 Å². The molecule has 0 bridgehead atoms. The zero-order valence-corrected chi connectivity index (χ0v) is 17.8. The molecule has 5 rings (SSSR count). The van der Waals surface area contributed by atoms with E-state index in [9.17, 15) is 0 Å². The molecule has 6 heteroatoms. The Hall–Kier alpha value is -2.73. The summed E-state index contributed by atoms with van der Waals surface area (Å²) in [5, 5.41) is 4.47. The molecule has 154 valence electrons. The van der Waals surface area contributed by atoms with Crippen molar-refractivity contribution in [3.05, 3.63) is 84.2 Å². The molecule has 1 saturated heterocycles. The molecule has 0 amide bonds. The topological polar surface area (TPSA) is 46.0 Å². The van der Waals surface area contributed by atoms with E-state index in [-0.39, 0.29) is 12.1 Å². The monoisotopic (exact) mass is 417 g/mol. The molecule has 3 aromatic rings. The van der Waals surface area contributed by atoms with E-state index in [4.69, 9.17) is 12.2 Å². The molecule has 1 N–H and O–H groups in total. The average molecular weight is 418 g/mol. The van der Waals surface area contributed by atoms with Crippen LogP contribution in [0.25, 0.3) is 0 Å². The second kappa shape index (κ2) is 8.56. The Bertz CT molecular complexity index is 981. The largest absolute Gasteiger partial charge is 0.352 e. The SMILES string of the molecule is S=C1N[C@@H](c2ccccn2)[C@@H](c2cccn2Cc2cccnc2)N1C1CCCCC1. The van der Waals surface area contributed by atoms with Crippen LogP contribution in [0.5, 0.6) is 0 Å². The summed E-state index contributed by atoms with van der Waals surface area (Å²) in [5.41, 5.74) is 3.51. The number of hydrogen-bond donors (Lipinski definition) is 1. The van der Waals surface area contributed by atoms with Gasteiger partial charge in [-0.15, -0.1) is 0 Å². The first-order valence-electron chi connectivity index (χ1n) is 10.8. The van der Waals surface area contributed by atoms with E-state index < -0.39 is 0 Å². The lowest BCUT2D eigenvalue weighted by atomic mass is 9.92. The molecule has 2 aliphatic rings. The van der Waals surface area contributed by atoms with Crippen LogP contribution in [0.4, 0.5) is 0 Å². The predicted octanol–water partition coefficient (Wildman–Crippen LogP) is 4.63. The second-order valence-corrected chi connectivity index (χ2v) is 8.63. The summed E-state index contributed by atoms with van der Waals surface area (Å²) in [6.45, 7) is 0.798. The van der Waals surface area contributed by atoms with E-state index in [0.717, 1.165) is 17.4 Å². The van der Waals surface area contributed by atoms with Gasteiger partial charge in [0.25, 0.3) is 0 Å². The lowest BCUT2D eigenvalue weighted by molar-refractivity contribution is 0.191. The molecule has 1 aliphatic carbocycles. The van der Waals surface area contributed by atoms with Crippen LogP contribution in [-0.4, -0.2) is 30.6 Å². The fraction of sp³-hybridized carbons (Fsp3) is 0.375. The molecule has 3 aromatic heterocycles. The van der Waals surface area contributed by atoms with Gasteiger partial charge in [0.15, 0.2) is 5.11 Å². The van der Waals surface area contributed by atoms with Crippen molar-refractivity contribution in [2.75, 3.05) is 0 Å². The van der Waals surface area contributed by atoms with E-state index in [1.165, 1.54) is 43.4 Å². The second-order valence-electron chi connectivity index (χ2n) is 8.25. The Kier molecular flexibility index (Phi) is 5.49. The lowest BCUT2D eigenvalue weighted by Gasteiger charge is -2.37. The first kappa shape index (κ1) is 19.2.